The molecular formula is C15H24N4OS. The number of aromatic nitrogens is 2. The van der Waals surface area contributed by atoms with Crippen LogP contribution in [0.2, 0.25) is 0 Å². The average Bonchev–Trinajstić information content (AvgIpc) is 2.84. The van der Waals surface area contributed by atoms with Crippen LogP contribution in [-0.4, -0.2) is 47.7 Å². The average molecular weight is 308 g/mol. The van der Waals surface area contributed by atoms with Gasteiger partial charge in [0.1, 0.15) is 5.01 Å². The number of anilines is 1. The molecule has 1 aromatic rings. The highest BCUT2D eigenvalue weighted by Gasteiger charge is 2.30. The third-order valence-electron chi connectivity index (χ3n) is 4.76. The number of carbonyl (C=O) groups is 1. The normalized spacial score (nSPS) is 20.4. The largest absolute Gasteiger partial charge is 0.347 e. The number of aryl methyl sites for hydroxylation is 1. The van der Waals surface area contributed by atoms with Crippen LogP contribution in [0.3, 0.4) is 0 Å². The van der Waals surface area contributed by atoms with Gasteiger partial charge in [-0.2, -0.15) is 0 Å². The van der Waals surface area contributed by atoms with Crippen LogP contribution in [0, 0.1) is 18.8 Å². The molecule has 2 heterocycles. The molecule has 0 bridgehead atoms. The van der Waals surface area contributed by atoms with Crippen molar-refractivity contribution in [3.8, 4) is 0 Å². The van der Waals surface area contributed by atoms with Crippen LogP contribution in [0.5, 0.6) is 0 Å². The number of carbonyl (C=O) groups excluding carboxylic acids is 1. The molecule has 2 aliphatic rings. The first-order chi connectivity index (χ1) is 10.1. The van der Waals surface area contributed by atoms with Gasteiger partial charge >= 0.3 is 0 Å². The van der Waals surface area contributed by atoms with E-state index in [4.69, 9.17) is 0 Å². The number of piperidine rings is 1. The Kier molecular flexibility index (Phi) is 4.42. The van der Waals surface area contributed by atoms with Crippen LogP contribution < -0.4 is 4.90 Å². The van der Waals surface area contributed by atoms with E-state index < -0.39 is 0 Å². The van der Waals surface area contributed by atoms with Gasteiger partial charge in [0, 0.05) is 32.6 Å². The van der Waals surface area contributed by atoms with Crippen molar-refractivity contribution < 1.29 is 4.79 Å². The predicted octanol–water partition coefficient (Wildman–Crippen LogP) is 2.32. The van der Waals surface area contributed by atoms with Crippen LogP contribution in [0.4, 0.5) is 5.13 Å². The van der Waals surface area contributed by atoms with Gasteiger partial charge in [-0.1, -0.05) is 17.8 Å². The molecule has 3 rings (SSSR count). The third-order valence-corrected chi connectivity index (χ3v) is 5.66. The van der Waals surface area contributed by atoms with Crippen molar-refractivity contribution in [2.45, 2.75) is 39.0 Å². The van der Waals surface area contributed by atoms with Crippen LogP contribution in [0.15, 0.2) is 0 Å². The monoisotopic (exact) mass is 308 g/mol. The minimum atomic E-state index is 0.319. The Morgan fingerprint density at radius 1 is 1.29 bits per heavy atom. The highest BCUT2D eigenvalue weighted by atomic mass is 32.1. The van der Waals surface area contributed by atoms with Crippen molar-refractivity contribution in [2.75, 3.05) is 31.6 Å². The van der Waals surface area contributed by atoms with Crippen molar-refractivity contribution in [3.05, 3.63) is 5.01 Å². The third kappa shape index (κ3) is 3.36. The van der Waals surface area contributed by atoms with Gasteiger partial charge in [0.25, 0.3) is 0 Å². The van der Waals surface area contributed by atoms with Crippen LogP contribution in [0.1, 0.15) is 37.1 Å². The number of hydrogen-bond donors (Lipinski definition) is 0. The summed E-state index contributed by atoms with van der Waals surface area (Å²) in [6.07, 6.45) is 5.70. The lowest BCUT2D eigenvalue weighted by Crippen LogP contribution is -2.42. The van der Waals surface area contributed by atoms with Gasteiger partial charge in [-0.05, 0) is 38.5 Å². The molecule has 21 heavy (non-hydrogen) atoms. The highest BCUT2D eigenvalue weighted by Crippen LogP contribution is 2.29. The van der Waals surface area contributed by atoms with E-state index in [0.29, 0.717) is 17.7 Å². The van der Waals surface area contributed by atoms with E-state index in [2.05, 4.69) is 15.1 Å². The van der Waals surface area contributed by atoms with E-state index in [9.17, 15) is 4.79 Å². The molecule has 0 aromatic carbocycles. The van der Waals surface area contributed by atoms with E-state index in [1.54, 1.807) is 11.3 Å². The summed E-state index contributed by atoms with van der Waals surface area (Å²) in [5.41, 5.74) is 0. The molecular weight excluding hydrogens is 284 g/mol. The highest BCUT2D eigenvalue weighted by molar-refractivity contribution is 7.15. The minimum Gasteiger partial charge on any atom is -0.347 e. The maximum absolute atomic E-state index is 12.2. The smallest absolute Gasteiger partial charge is 0.225 e. The molecule has 2 fully saturated rings. The van der Waals surface area contributed by atoms with E-state index in [1.165, 1.54) is 6.42 Å². The molecule has 0 unspecified atom stereocenters. The van der Waals surface area contributed by atoms with Gasteiger partial charge in [0.05, 0.1) is 0 Å². The zero-order valence-corrected chi connectivity index (χ0v) is 13.7. The van der Waals surface area contributed by atoms with Gasteiger partial charge in [-0.15, -0.1) is 10.2 Å². The SMILES string of the molecule is Cc1nnc(N2CCC(CN(C)C(=O)C3CCC3)CC2)s1. The summed E-state index contributed by atoms with van der Waals surface area (Å²) in [5.74, 6) is 1.31. The summed E-state index contributed by atoms with van der Waals surface area (Å²) in [7, 11) is 1.97. The Bertz CT molecular complexity index is 492. The second kappa shape index (κ2) is 6.30. The maximum Gasteiger partial charge on any atom is 0.225 e. The fourth-order valence-electron chi connectivity index (χ4n) is 3.16. The zero-order valence-electron chi connectivity index (χ0n) is 12.9. The molecule has 5 nitrogen and oxygen atoms in total. The van der Waals surface area contributed by atoms with E-state index in [0.717, 1.165) is 55.5 Å². The molecule has 116 valence electrons. The van der Waals surface area contributed by atoms with Crippen molar-refractivity contribution in [2.24, 2.45) is 11.8 Å². The summed E-state index contributed by atoms with van der Waals surface area (Å²) in [5, 5.41) is 10.4. The molecule has 1 aliphatic heterocycles. The summed E-state index contributed by atoms with van der Waals surface area (Å²) in [6, 6.07) is 0. The topological polar surface area (TPSA) is 49.3 Å². The maximum atomic E-state index is 12.2. The fraction of sp³-hybridized carbons (Fsp3) is 0.800. The van der Waals surface area contributed by atoms with Gasteiger partial charge < -0.3 is 9.80 Å². The lowest BCUT2D eigenvalue weighted by Gasteiger charge is -2.35. The van der Waals surface area contributed by atoms with E-state index >= 15 is 0 Å². The van der Waals surface area contributed by atoms with Crippen molar-refractivity contribution in [1.29, 1.82) is 0 Å². The Hall–Kier alpha value is -1.17. The molecule has 0 spiro atoms. The first-order valence-corrected chi connectivity index (χ1v) is 8.75. The molecule has 1 aromatic heterocycles. The molecule has 0 radical (unpaired) electrons. The zero-order chi connectivity index (χ0) is 14.8. The van der Waals surface area contributed by atoms with Crippen LogP contribution in [0.25, 0.3) is 0 Å². The molecule has 1 saturated heterocycles. The van der Waals surface area contributed by atoms with Gasteiger partial charge in [-0.25, -0.2) is 0 Å². The number of rotatable bonds is 4. The lowest BCUT2D eigenvalue weighted by atomic mass is 9.84. The second-order valence-electron chi connectivity index (χ2n) is 6.38. The Morgan fingerprint density at radius 3 is 2.52 bits per heavy atom. The summed E-state index contributed by atoms with van der Waals surface area (Å²) in [4.78, 5) is 16.5. The fourth-order valence-corrected chi connectivity index (χ4v) is 3.90. The Morgan fingerprint density at radius 2 is 2.00 bits per heavy atom. The summed E-state index contributed by atoms with van der Waals surface area (Å²) in [6.45, 7) is 4.97. The van der Waals surface area contributed by atoms with Crippen LogP contribution >= 0.6 is 11.3 Å². The first kappa shape index (κ1) is 14.8. The molecule has 1 saturated carbocycles. The number of amides is 1. The molecule has 1 amide bonds. The lowest BCUT2D eigenvalue weighted by molar-refractivity contribution is -0.137. The predicted molar refractivity (Wildman–Crippen MR) is 84.6 cm³/mol. The number of hydrogen-bond acceptors (Lipinski definition) is 5. The quantitative estimate of drug-likeness (QED) is 0.856. The Labute approximate surface area is 130 Å². The van der Waals surface area contributed by atoms with Gasteiger partial charge in [-0.3, -0.25) is 4.79 Å². The van der Waals surface area contributed by atoms with E-state index in [-0.39, 0.29) is 0 Å². The standard InChI is InChI=1S/C15H24N4OS/c1-11-16-17-15(21-11)19-8-6-12(7-9-19)10-18(2)14(20)13-4-3-5-13/h12-13H,3-10H2,1-2H3. The summed E-state index contributed by atoms with van der Waals surface area (Å²) >= 11 is 1.67. The molecule has 0 atom stereocenters. The van der Waals surface area contributed by atoms with Crippen LogP contribution in [-0.2, 0) is 4.79 Å². The Balaban J connectivity index is 1.46. The van der Waals surface area contributed by atoms with Crippen molar-refractivity contribution >= 4 is 22.4 Å². The number of nitrogens with zero attached hydrogens (tertiary/aromatic N) is 4. The van der Waals surface area contributed by atoms with Crippen molar-refractivity contribution in [1.82, 2.24) is 15.1 Å². The molecule has 0 N–H and O–H groups in total. The first-order valence-electron chi connectivity index (χ1n) is 7.93. The molecule has 6 heteroatoms. The molecule has 1 aliphatic carbocycles. The van der Waals surface area contributed by atoms with Gasteiger partial charge in [0.2, 0.25) is 11.0 Å². The van der Waals surface area contributed by atoms with Gasteiger partial charge in [0.15, 0.2) is 0 Å². The van der Waals surface area contributed by atoms with Crippen molar-refractivity contribution in [3.63, 3.8) is 0 Å². The second-order valence-corrected chi connectivity index (χ2v) is 7.54. The summed E-state index contributed by atoms with van der Waals surface area (Å²) < 4.78 is 0. The minimum absolute atomic E-state index is 0.319. The van der Waals surface area contributed by atoms with E-state index in [1.807, 2.05) is 18.9 Å².